The average molecular weight is 357 g/mol. The first-order chi connectivity index (χ1) is 12.6. The first-order valence-electron chi connectivity index (χ1n) is 10.4. The quantitative estimate of drug-likeness (QED) is 0.789. The van der Waals surface area contributed by atoms with Gasteiger partial charge in [0.2, 0.25) is 0 Å². The Morgan fingerprint density at radius 1 is 1.19 bits per heavy atom. The second-order valence-corrected chi connectivity index (χ2v) is 8.69. The average Bonchev–Trinajstić information content (AvgIpc) is 3.48. The maximum Gasteiger partial charge on any atom is 0.255 e. The van der Waals surface area contributed by atoms with Crippen LogP contribution in [0.1, 0.15) is 61.1 Å². The lowest BCUT2D eigenvalue weighted by atomic mass is 10.0. The van der Waals surface area contributed by atoms with Gasteiger partial charge in [0.1, 0.15) is 5.82 Å². The lowest BCUT2D eigenvalue weighted by molar-refractivity contribution is 0.0943. The summed E-state index contributed by atoms with van der Waals surface area (Å²) in [5.41, 5.74) is 3.16. The Labute approximate surface area is 156 Å². The van der Waals surface area contributed by atoms with Gasteiger partial charge in [-0.05, 0) is 69.4 Å². The molecule has 26 heavy (non-hydrogen) atoms. The highest BCUT2D eigenvalue weighted by atomic mass is 16.1. The van der Waals surface area contributed by atoms with Gasteiger partial charge in [-0.2, -0.15) is 0 Å². The summed E-state index contributed by atoms with van der Waals surface area (Å²) < 4.78 is 0. The van der Waals surface area contributed by atoms with E-state index in [1.165, 1.54) is 43.5 Å². The molecule has 1 aliphatic heterocycles. The van der Waals surface area contributed by atoms with E-state index < -0.39 is 0 Å². The van der Waals surface area contributed by atoms with E-state index in [-0.39, 0.29) is 11.9 Å². The molecule has 0 saturated heterocycles. The molecule has 0 bridgehead atoms. The molecule has 0 unspecified atom stereocenters. The molecule has 1 amide bonds. The molecule has 3 aliphatic rings. The van der Waals surface area contributed by atoms with Crippen molar-refractivity contribution < 1.29 is 4.79 Å². The minimum absolute atomic E-state index is 0.00678. The second-order valence-electron chi connectivity index (χ2n) is 8.69. The third-order valence-corrected chi connectivity index (χ3v) is 5.69. The molecule has 2 N–H and O–H groups in total. The number of carbonyl (C=O) groups excluding carboxylic acids is 1. The van der Waals surface area contributed by atoms with Gasteiger partial charge in [0, 0.05) is 44.3 Å². The van der Waals surface area contributed by atoms with E-state index in [0.29, 0.717) is 5.56 Å². The number of carbonyl (C=O) groups is 1. The largest absolute Gasteiger partial charge is 0.369 e. The summed E-state index contributed by atoms with van der Waals surface area (Å²) in [6.45, 7) is 8.36. The zero-order valence-corrected chi connectivity index (χ0v) is 16.2. The van der Waals surface area contributed by atoms with Crippen molar-refractivity contribution in [1.29, 1.82) is 0 Å². The molecule has 2 fully saturated rings. The third-order valence-electron chi connectivity index (χ3n) is 5.69. The number of hydrogen-bond acceptors (Lipinski definition) is 4. The van der Waals surface area contributed by atoms with Crippen LogP contribution in [-0.4, -0.2) is 48.0 Å². The Balaban J connectivity index is 1.54. The summed E-state index contributed by atoms with van der Waals surface area (Å²) in [5, 5.41) is 6.51. The van der Waals surface area contributed by atoms with Crippen LogP contribution in [0.5, 0.6) is 0 Å². The number of hydrogen-bond donors (Lipinski definition) is 2. The van der Waals surface area contributed by atoms with Crippen LogP contribution < -0.4 is 10.6 Å². The number of nitrogens with zero attached hydrogens (tertiary/aromatic N) is 2. The van der Waals surface area contributed by atoms with Crippen LogP contribution in [-0.2, 0) is 12.8 Å². The van der Waals surface area contributed by atoms with E-state index in [1.54, 1.807) is 0 Å². The molecule has 2 heterocycles. The van der Waals surface area contributed by atoms with Crippen LogP contribution in [0.3, 0.4) is 0 Å². The fourth-order valence-electron chi connectivity index (χ4n) is 3.74. The van der Waals surface area contributed by atoms with Crippen molar-refractivity contribution in [2.45, 2.75) is 58.4 Å². The second kappa shape index (κ2) is 7.55. The monoisotopic (exact) mass is 356 g/mol. The third kappa shape index (κ3) is 4.56. The summed E-state index contributed by atoms with van der Waals surface area (Å²) >= 11 is 0. The molecule has 1 aromatic heterocycles. The Morgan fingerprint density at radius 2 is 1.92 bits per heavy atom. The van der Waals surface area contributed by atoms with Gasteiger partial charge in [-0.15, -0.1) is 0 Å². The van der Waals surface area contributed by atoms with E-state index in [2.05, 4.69) is 21.6 Å². The van der Waals surface area contributed by atoms with Gasteiger partial charge >= 0.3 is 0 Å². The number of amides is 1. The predicted octanol–water partition coefficient (Wildman–Crippen LogP) is 2.85. The Morgan fingerprint density at radius 3 is 2.62 bits per heavy atom. The van der Waals surface area contributed by atoms with Crippen LogP contribution in [0.4, 0.5) is 5.82 Å². The van der Waals surface area contributed by atoms with Crippen molar-refractivity contribution in [3.63, 3.8) is 0 Å². The number of fused-ring (bicyclic) bond motifs is 1. The van der Waals surface area contributed by atoms with Crippen molar-refractivity contribution in [3.05, 3.63) is 22.9 Å². The number of aromatic nitrogens is 1. The summed E-state index contributed by atoms with van der Waals surface area (Å²) in [4.78, 5) is 20.2. The van der Waals surface area contributed by atoms with E-state index in [1.807, 2.05) is 13.8 Å². The summed E-state index contributed by atoms with van der Waals surface area (Å²) in [7, 11) is 0. The molecular formula is C21H32N4O. The van der Waals surface area contributed by atoms with Gasteiger partial charge in [0.05, 0.1) is 5.56 Å². The summed E-state index contributed by atoms with van der Waals surface area (Å²) in [5.74, 6) is 2.45. The van der Waals surface area contributed by atoms with Crippen LogP contribution in [0.15, 0.2) is 6.07 Å². The number of rotatable bonds is 7. The predicted molar refractivity (Wildman–Crippen MR) is 105 cm³/mol. The van der Waals surface area contributed by atoms with Gasteiger partial charge < -0.3 is 15.5 Å². The minimum Gasteiger partial charge on any atom is -0.369 e. The van der Waals surface area contributed by atoms with Crippen LogP contribution >= 0.6 is 0 Å². The highest BCUT2D eigenvalue weighted by Gasteiger charge is 2.27. The van der Waals surface area contributed by atoms with Crippen molar-refractivity contribution in [2.75, 3.05) is 31.5 Å². The zero-order valence-electron chi connectivity index (χ0n) is 16.2. The molecule has 142 valence electrons. The SMILES string of the molecule is CC(C)NC(=O)c1cc2c(nc1NCC1CC1)CCN(CC1CC1)CC2. The summed E-state index contributed by atoms with van der Waals surface area (Å²) in [6, 6.07) is 2.24. The topological polar surface area (TPSA) is 57.3 Å². The van der Waals surface area contributed by atoms with Crippen LogP contribution in [0.25, 0.3) is 0 Å². The van der Waals surface area contributed by atoms with E-state index in [0.717, 1.165) is 50.1 Å². The van der Waals surface area contributed by atoms with Crippen molar-refractivity contribution in [1.82, 2.24) is 15.2 Å². The molecular weight excluding hydrogens is 324 g/mol. The van der Waals surface area contributed by atoms with Gasteiger partial charge in [0.15, 0.2) is 0 Å². The number of nitrogens with one attached hydrogen (secondary N) is 2. The number of pyridine rings is 1. The molecule has 5 nitrogen and oxygen atoms in total. The van der Waals surface area contributed by atoms with E-state index in [4.69, 9.17) is 4.98 Å². The molecule has 0 aromatic carbocycles. The Hall–Kier alpha value is -1.62. The highest BCUT2D eigenvalue weighted by molar-refractivity contribution is 5.99. The standard InChI is InChI=1S/C21H32N4O/c1-14(2)23-21(26)18-11-17-7-9-25(13-16-5-6-16)10-8-19(17)24-20(18)22-12-15-3-4-15/h11,14-16H,3-10,12-13H2,1-2H3,(H,22,24)(H,23,26). The number of anilines is 1. The molecule has 1 aromatic rings. The maximum absolute atomic E-state index is 12.7. The first-order valence-corrected chi connectivity index (χ1v) is 10.4. The van der Waals surface area contributed by atoms with Gasteiger partial charge in [0.25, 0.3) is 5.91 Å². The zero-order chi connectivity index (χ0) is 18.1. The molecule has 2 aliphatic carbocycles. The maximum atomic E-state index is 12.7. The van der Waals surface area contributed by atoms with Gasteiger partial charge in [-0.3, -0.25) is 4.79 Å². The molecule has 0 radical (unpaired) electrons. The summed E-state index contributed by atoms with van der Waals surface area (Å²) in [6.07, 6.45) is 7.38. The highest BCUT2D eigenvalue weighted by Crippen LogP contribution is 2.31. The molecule has 2 saturated carbocycles. The molecule has 4 rings (SSSR count). The van der Waals surface area contributed by atoms with Gasteiger partial charge in [-0.1, -0.05) is 0 Å². The van der Waals surface area contributed by atoms with Crippen molar-refractivity contribution >= 4 is 11.7 Å². The van der Waals surface area contributed by atoms with E-state index in [9.17, 15) is 4.79 Å². The lowest BCUT2D eigenvalue weighted by Crippen LogP contribution is -2.31. The smallest absolute Gasteiger partial charge is 0.255 e. The van der Waals surface area contributed by atoms with Crippen LogP contribution in [0, 0.1) is 11.8 Å². The van der Waals surface area contributed by atoms with Crippen LogP contribution in [0.2, 0.25) is 0 Å². The Bertz CT molecular complexity index is 664. The molecule has 0 atom stereocenters. The normalized spacial score (nSPS) is 20.6. The molecule has 0 spiro atoms. The first kappa shape index (κ1) is 17.8. The van der Waals surface area contributed by atoms with E-state index >= 15 is 0 Å². The fraction of sp³-hybridized carbons (Fsp3) is 0.714. The fourth-order valence-corrected chi connectivity index (χ4v) is 3.74. The Kier molecular flexibility index (Phi) is 5.16. The van der Waals surface area contributed by atoms with Crippen molar-refractivity contribution in [2.24, 2.45) is 11.8 Å². The lowest BCUT2D eigenvalue weighted by Gasteiger charge is -2.18. The minimum atomic E-state index is -0.00678. The van der Waals surface area contributed by atoms with Crippen molar-refractivity contribution in [3.8, 4) is 0 Å². The molecule has 5 heteroatoms. The van der Waals surface area contributed by atoms with Gasteiger partial charge in [-0.25, -0.2) is 4.98 Å².